The van der Waals surface area contributed by atoms with E-state index in [1.807, 2.05) is 27.0 Å². The maximum Gasteiger partial charge on any atom is 0.239 e. The van der Waals surface area contributed by atoms with E-state index in [1.54, 1.807) is 0 Å². The lowest BCUT2D eigenvalue weighted by atomic mass is 10.0. The summed E-state index contributed by atoms with van der Waals surface area (Å²) in [5.41, 5.74) is 0.821. The lowest BCUT2D eigenvalue weighted by Gasteiger charge is -2.35. The molecule has 2 rings (SSSR count). The number of hydrogen-bond acceptors (Lipinski definition) is 3. The average Bonchev–Trinajstić information content (AvgIpc) is 2.48. The van der Waals surface area contributed by atoms with Crippen LogP contribution in [0, 0.1) is 0 Å². The minimum Gasteiger partial charge on any atom is -0.350 e. The lowest BCUT2D eigenvalue weighted by molar-refractivity contribution is -0.127. The second kappa shape index (κ2) is 7.05. The Balaban J connectivity index is 1.88. The van der Waals surface area contributed by atoms with Gasteiger partial charge in [-0.3, -0.25) is 9.69 Å². The highest BCUT2D eigenvalue weighted by Gasteiger charge is 2.29. The topological polar surface area (TPSA) is 44.4 Å². The zero-order chi connectivity index (χ0) is 15.3. The van der Waals surface area contributed by atoms with E-state index >= 15 is 0 Å². The fraction of sp³-hybridized carbons (Fsp3) is 0.588. The molecule has 0 radical (unpaired) electrons. The van der Waals surface area contributed by atoms with Crippen LogP contribution in [-0.4, -0.2) is 42.5 Å². The van der Waals surface area contributed by atoms with Gasteiger partial charge in [0.1, 0.15) is 0 Å². The Morgan fingerprint density at radius 1 is 1.33 bits per heavy atom. The predicted octanol–water partition coefficient (Wildman–Crippen LogP) is 1.77. The van der Waals surface area contributed by atoms with Gasteiger partial charge in [-0.1, -0.05) is 30.3 Å². The Hall–Kier alpha value is -1.39. The van der Waals surface area contributed by atoms with Crippen LogP contribution in [0.5, 0.6) is 0 Å². The Labute approximate surface area is 127 Å². The summed E-state index contributed by atoms with van der Waals surface area (Å²) >= 11 is 0. The zero-order valence-corrected chi connectivity index (χ0v) is 13.4. The maximum absolute atomic E-state index is 12.2. The van der Waals surface area contributed by atoms with Gasteiger partial charge in [0.05, 0.1) is 5.54 Å². The molecule has 1 saturated heterocycles. The fourth-order valence-electron chi connectivity index (χ4n) is 2.64. The molecular weight excluding hydrogens is 262 g/mol. The van der Waals surface area contributed by atoms with Gasteiger partial charge < -0.3 is 10.6 Å². The molecule has 0 saturated carbocycles. The number of benzene rings is 1. The van der Waals surface area contributed by atoms with Crippen molar-refractivity contribution in [3.63, 3.8) is 0 Å². The molecule has 1 aromatic rings. The van der Waals surface area contributed by atoms with Gasteiger partial charge in [-0.2, -0.15) is 0 Å². The van der Waals surface area contributed by atoms with Crippen molar-refractivity contribution >= 4 is 5.91 Å². The molecule has 1 atom stereocenters. The normalized spacial score (nSPS) is 20.2. The minimum atomic E-state index is -0.512. The third-order valence-corrected chi connectivity index (χ3v) is 4.28. The number of rotatable bonds is 5. The van der Waals surface area contributed by atoms with E-state index in [9.17, 15) is 4.79 Å². The Morgan fingerprint density at radius 2 is 2.05 bits per heavy atom. The monoisotopic (exact) mass is 289 g/mol. The summed E-state index contributed by atoms with van der Waals surface area (Å²) in [6.07, 6.45) is 2.20. The average molecular weight is 289 g/mol. The van der Waals surface area contributed by atoms with Crippen molar-refractivity contribution < 1.29 is 4.79 Å². The first-order valence-electron chi connectivity index (χ1n) is 7.77. The summed E-state index contributed by atoms with van der Waals surface area (Å²) in [6, 6.07) is 10.8. The van der Waals surface area contributed by atoms with Crippen molar-refractivity contribution in [2.45, 2.75) is 44.8 Å². The van der Waals surface area contributed by atoms with Crippen LogP contribution in [0.2, 0.25) is 0 Å². The van der Waals surface area contributed by atoms with Crippen LogP contribution < -0.4 is 10.6 Å². The van der Waals surface area contributed by atoms with Gasteiger partial charge in [-0.25, -0.2) is 0 Å². The first-order chi connectivity index (χ1) is 10.0. The summed E-state index contributed by atoms with van der Waals surface area (Å²) in [5.74, 6) is 0.0801. The molecule has 4 nitrogen and oxygen atoms in total. The molecule has 1 amide bonds. The number of nitrogens with zero attached hydrogens (tertiary/aromatic N) is 1. The van der Waals surface area contributed by atoms with Gasteiger partial charge in [-0.05, 0) is 45.8 Å². The Morgan fingerprint density at radius 3 is 2.71 bits per heavy atom. The molecule has 116 valence electrons. The molecule has 1 fully saturated rings. The van der Waals surface area contributed by atoms with E-state index in [0.717, 1.165) is 32.5 Å². The van der Waals surface area contributed by atoms with E-state index in [4.69, 9.17) is 0 Å². The van der Waals surface area contributed by atoms with Crippen molar-refractivity contribution in [1.82, 2.24) is 15.5 Å². The number of carbonyl (C=O) groups is 1. The first kappa shape index (κ1) is 16.0. The SMILES string of the molecule is CNC(C)(C)C(=O)NC1CCCN(Cc2ccccc2)C1. The van der Waals surface area contributed by atoms with Crippen LogP contribution in [0.1, 0.15) is 32.3 Å². The predicted molar refractivity (Wildman–Crippen MR) is 86.0 cm³/mol. The van der Waals surface area contributed by atoms with Gasteiger partial charge in [0.2, 0.25) is 5.91 Å². The third-order valence-electron chi connectivity index (χ3n) is 4.28. The van der Waals surface area contributed by atoms with Crippen molar-refractivity contribution in [3.05, 3.63) is 35.9 Å². The molecule has 1 heterocycles. The van der Waals surface area contributed by atoms with Gasteiger partial charge >= 0.3 is 0 Å². The number of likely N-dealkylation sites (N-methyl/N-ethyl adjacent to an activating group) is 1. The van der Waals surface area contributed by atoms with Crippen molar-refractivity contribution in [2.75, 3.05) is 20.1 Å². The Kier molecular flexibility index (Phi) is 5.37. The first-order valence-corrected chi connectivity index (χ1v) is 7.77. The Bertz CT molecular complexity index is 458. The van der Waals surface area contributed by atoms with Crippen LogP contribution in [0.4, 0.5) is 0 Å². The van der Waals surface area contributed by atoms with Gasteiger partial charge in [0, 0.05) is 19.1 Å². The number of hydrogen-bond donors (Lipinski definition) is 2. The van der Waals surface area contributed by atoms with Crippen LogP contribution >= 0.6 is 0 Å². The summed E-state index contributed by atoms with van der Waals surface area (Å²) < 4.78 is 0. The smallest absolute Gasteiger partial charge is 0.239 e. The number of carbonyl (C=O) groups excluding carboxylic acids is 1. The highest BCUT2D eigenvalue weighted by atomic mass is 16.2. The highest BCUT2D eigenvalue weighted by molar-refractivity contribution is 5.85. The molecule has 0 spiro atoms. The number of piperidine rings is 1. The maximum atomic E-state index is 12.2. The molecule has 1 aliphatic heterocycles. The standard InChI is InChI=1S/C17H27N3O/c1-17(2,18-3)16(21)19-15-10-7-11-20(13-15)12-14-8-5-4-6-9-14/h4-6,8-9,15,18H,7,10-13H2,1-3H3,(H,19,21). The van der Waals surface area contributed by atoms with E-state index in [0.29, 0.717) is 0 Å². The molecule has 4 heteroatoms. The van der Waals surface area contributed by atoms with E-state index in [1.165, 1.54) is 5.56 Å². The molecule has 21 heavy (non-hydrogen) atoms. The number of amides is 1. The molecule has 2 N–H and O–H groups in total. The minimum absolute atomic E-state index is 0.0801. The van der Waals surface area contributed by atoms with Crippen LogP contribution in [0.3, 0.4) is 0 Å². The van der Waals surface area contributed by atoms with Gasteiger partial charge in [0.25, 0.3) is 0 Å². The van der Waals surface area contributed by atoms with E-state index in [2.05, 4.69) is 39.8 Å². The summed E-state index contributed by atoms with van der Waals surface area (Å²) in [7, 11) is 1.82. The van der Waals surface area contributed by atoms with E-state index < -0.39 is 5.54 Å². The molecule has 1 aromatic carbocycles. The van der Waals surface area contributed by atoms with Crippen LogP contribution in [-0.2, 0) is 11.3 Å². The fourth-order valence-corrected chi connectivity index (χ4v) is 2.64. The molecule has 1 aliphatic rings. The molecule has 0 aliphatic carbocycles. The van der Waals surface area contributed by atoms with Crippen molar-refractivity contribution in [3.8, 4) is 0 Å². The molecule has 0 bridgehead atoms. The van der Waals surface area contributed by atoms with E-state index in [-0.39, 0.29) is 11.9 Å². The van der Waals surface area contributed by atoms with Gasteiger partial charge in [-0.15, -0.1) is 0 Å². The number of nitrogens with one attached hydrogen (secondary N) is 2. The summed E-state index contributed by atoms with van der Waals surface area (Å²) in [5, 5.41) is 6.24. The van der Waals surface area contributed by atoms with Gasteiger partial charge in [0.15, 0.2) is 0 Å². The third kappa shape index (κ3) is 4.55. The summed E-state index contributed by atoms with van der Waals surface area (Å²) in [4.78, 5) is 14.7. The largest absolute Gasteiger partial charge is 0.350 e. The summed E-state index contributed by atoms with van der Waals surface area (Å²) in [6.45, 7) is 6.82. The second-order valence-corrected chi connectivity index (χ2v) is 6.41. The highest BCUT2D eigenvalue weighted by Crippen LogP contribution is 2.14. The quantitative estimate of drug-likeness (QED) is 0.868. The second-order valence-electron chi connectivity index (χ2n) is 6.41. The van der Waals surface area contributed by atoms with Crippen molar-refractivity contribution in [1.29, 1.82) is 0 Å². The molecule has 0 aromatic heterocycles. The number of likely N-dealkylation sites (tertiary alicyclic amines) is 1. The molecular formula is C17H27N3O. The molecule has 1 unspecified atom stereocenters. The van der Waals surface area contributed by atoms with Crippen molar-refractivity contribution in [2.24, 2.45) is 0 Å². The zero-order valence-electron chi connectivity index (χ0n) is 13.4. The van der Waals surface area contributed by atoms with Crippen LogP contribution in [0.25, 0.3) is 0 Å². The lowest BCUT2D eigenvalue weighted by Crippen LogP contribution is -2.56. The van der Waals surface area contributed by atoms with Crippen LogP contribution in [0.15, 0.2) is 30.3 Å².